The molecule has 0 heterocycles. The third-order valence-corrected chi connectivity index (χ3v) is 1.16. The van der Waals surface area contributed by atoms with E-state index in [1.165, 1.54) is 0 Å². The molecule has 0 radical (unpaired) electrons. The van der Waals surface area contributed by atoms with Gasteiger partial charge in [0.25, 0.3) is 11.9 Å². The molecule has 0 aliphatic heterocycles. The van der Waals surface area contributed by atoms with E-state index in [0.29, 0.717) is 0 Å². The maximum atomic E-state index is 8.36. The van der Waals surface area contributed by atoms with E-state index in [-0.39, 0.29) is 13.2 Å². The predicted octanol–water partition coefficient (Wildman–Crippen LogP) is -2.96. The minimum absolute atomic E-state index is 0.181. The quantitative estimate of drug-likeness (QED) is 0.198. The molecule has 0 saturated heterocycles. The van der Waals surface area contributed by atoms with Crippen LogP contribution in [0, 0.1) is 0 Å². The van der Waals surface area contributed by atoms with Crippen molar-refractivity contribution >= 4 is 0 Å². The van der Waals surface area contributed by atoms with Crippen molar-refractivity contribution in [2.45, 2.75) is 24.8 Å². The normalized spacial score (nSPS) is 13.4. The zero-order valence-electron chi connectivity index (χ0n) is 6.92. The Bertz CT molecular complexity index is 117. The van der Waals surface area contributed by atoms with Gasteiger partial charge in [-0.2, -0.15) is 0 Å². The lowest BCUT2D eigenvalue weighted by atomic mass is 10.4. The van der Waals surface area contributed by atoms with Gasteiger partial charge in [0, 0.05) is 0 Å². The molecule has 0 saturated carbocycles. The molecule has 0 aromatic heterocycles. The van der Waals surface area contributed by atoms with Gasteiger partial charge in [-0.15, -0.1) is 0 Å². The van der Waals surface area contributed by atoms with Gasteiger partial charge in [0.1, 0.15) is 0 Å². The summed E-state index contributed by atoms with van der Waals surface area (Å²) in [5.41, 5.74) is 0. The maximum Gasteiger partial charge on any atom is 0.277 e. The second kappa shape index (κ2) is 4.82. The van der Waals surface area contributed by atoms with Gasteiger partial charge in [-0.05, 0) is 0 Å². The summed E-state index contributed by atoms with van der Waals surface area (Å²) in [4.78, 5) is 0. The number of ether oxygens (including phenoxy) is 1. The van der Waals surface area contributed by atoms with E-state index in [4.69, 9.17) is 30.6 Å². The van der Waals surface area contributed by atoms with Gasteiger partial charge in [-0.1, -0.05) is 0 Å². The molecule has 0 fully saturated rings. The van der Waals surface area contributed by atoms with E-state index in [0.717, 1.165) is 0 Å². The minimum atomic E-state index is -2.78. The molecule has 0 amide bonds. The van der Waals surface area contributed by atoms with Crippen molar-refractivity contribution in [3.05, 3.63) is 0 Å². The second-order valence-electron chi connectivity index (χ2n) is 2.66. The fraction of sp³-hybridized carbons (Fsp3) is 1.00. The Morgan fingerprint density at radius 2 is 1.00 bits per heavy atom. The average Bonchev–Trinajstić information content (AvgIpc) is 1.81. The highest BCUT2D eigenvalue weighted by Gasteiger charge is 2.19. The van der Waals surface area contributed by atoms with Gasteiger partial charge in [0.05, 0.1) is 26.1 Å². The summed E-state index contributed by atoms with van der Waals surface area (Å²) in [6.45, 7) is -0.362. The third kappa shape index (κ3) is 11.7. The summed E-state index contributed by atoms with van der Waals surface area (Å²) in [5, 5.41) is 50.2. The van der Waals surface area contributed by atoms with E-state index in [1.807, 2.05) is 0 Å². The lowest BCUT2D eigenvalue weighted by Crippen LogP contribution is -2.31. The third-order valence-electron chi connectivity index (χ3n) is 1.16. The summed E-state index contributed by atoms with van der Waals surface area (Å²) >= 11 is 0. The molecular weight excluding hydrogens is 184 g/mol. The Hall–Kier alpha value is -0.280. The van der Waals surface area contributed by atoms with Crippen molar-refractivity contribution in [1.82, 2.24) is 0 Å². The molecule has 13 heavy (non-hydrogen) atoms. The molecule has 0 unspecified atom stereocenters. The van der Waals surface area contributed by atoms with E-state index in [2.05, 4.69) is 4.74 Å². The number of hydrogen-bond acceptors (Lipinski definition) is 7. The zero-order valence-corrected chi connectivity index (χ0v) is 6.92. The monoisotopic (exact) mass is 198 g/mol. The van der Waals surface area contributed by atoms with Crippen LogP contribution >= 0.6 is 0 Å². The highest BCUT2D eigenvalue weighted by molar-refractivity contribution is 4.48. The lowest BCUT2D eigenvalue weighted by molar-refractivity contribution is -0.323. The van der Waals surface area contributed by atoms with Crippen LogP contribution in [0.15, 0.2) is 0 Å². The summed E-state index contributed by atoms with van der Waals surface area (Å²) < 4.78 is 4.63. The van der Waals surface area contributed by atoms with Crippen LogP contribution in [-0.2, 0) is 4.74 Å². The topological polar surface area (TPSA) is 131 Å². The highest BCUT2D eigenvalue weighted by Crippen LogP contribution is 2.03. The molecule has 0 aliphatic carbocycles. The second-order valence-corrected chi connectivity index (χ2v) is 2.66. The first-order valence-electron chi connectivity index (χ1n) is 3.63. The standard InChI is InChI=1S/C6H14O7/c7-5(8,9)1-3-13-4-2-6(10,11)12/h7-12H,1-4H2. The first-order valence-corrected chi connectivity index (χ1v) is 3.63. The van der Waals surface area contributed by atoms with Crippen LogP contribution in [0.3, 0.4) is 0 Å². The summed E-state index contributed by atoms with van der Waals surface area (Å²) in [5.74, 6) is -5.57. The molecule has 0 spiro atoms. The van der Waals surface area contributed by atoms with Crippen LogP contribution in [-0.4, -0.2) is 55.8 Å². The Balaban J connectivity index is 3.28. The van der Waals surface area contributed by atoms with Crippen molar-refractivity contribution in [2.24, 2.45) is 0 Å². The van der Waals surface area contributed by atoms with Crippen molar-refractivity contribution in [2.75, 3.05) is 13.2 Å². The van der Waals surface area contributed by atoms with Gasteiger partial charge in [-0.25, -0.2) is 0 Å². The number of rotatable bonds is 6. The Kier molecular flexibility index (Phi) is 4.71. The molecule has 0 aliphatic rings. The molecule has 0 atom stereocenters. The molecule has 0 aromatic carbocycles. The van der Waals surface area contributed by atoms with Crippen molar-refractivity contribution < 1.29 is 35.4 Å². The minimum Gasteiger partial charge on any atom is -0.381 e. The predicted molar refractivity (Wildman–Crippen MR) is 38.8 cm³/mol. The highest BCUT2D eigenvalue weighted by atomic mass is 16.7. The number of hydrogen-bond donors (Lipinski definition) is 6. The largest absolute Gasteiger partial charge is 0.381 e. The van der Waals surface area contributed by atoms with Crippen LogP contribution in [0.4, 0.5) is 0 Å². The SMILES string of the molecule is OC(O)(O)CCOCCC(O)(O)O. The Morgan fingerprint density at radius 3 is 1.23 bits per heavy atom. The molecule has 0 bridgehead atoms. The lowest BCUT2D eigenvalue weighted by Gasteiger charge is -2.15. The first-order chi connectivity index (χ1) is 5.71. The molecule has 0 aromatic rings. The van der Waals surface area contributed by atoms with E-state index in [1.54, 1.807) is 0 Å². The van der Waals surface area contributed by atoms with Gasteiger partial charge in [-0.3, -0.25) is 0 Å². The molecule has 80 valence electrons. The van der Waals surface area contributed by atoms with Crippen LogP contribution in [0.2, 0.25) is 0 Å². The number of aliphatic hydroxyl groups is 6. The summed E-state index contributed by atoms with van der Waals surface area (Å²) in [6, 6.07) is 0. The average molecular weight is 198 g/mol. The summed E-state index contributed by atoms with van der Waals surface area (Å²) in [6.07, 6.45) is -0.857. The Labute approximate surface area is 74.4 Å². The zero-order chi connectivity index (χ0) is 10.5. The van der Waals surface area contributed by atoms with Gasteiger partial charge < -0.3 is 35.4 Å². The first kappa shape index (κ1) is 12.7. The van der Waals surface area contributed by atoms with Crippen LogP contribution < -0.4 is 0 Å². The fourth-order valence-corrected chi connectivity index (χ4v) is 0.520. The smallest absolute Gasteiger partial charge is 0.277 e. The molecular formula is C6H14O7. The molecule has 0 rings (SSSR count). The van der Waals surface area contributed by atoms with Crippen LogP contribution in [0.5, 0.6) is 0 Å². The van der Waals surface area contributed by atoms with Crippen LogP contribution in [0.25, 0.3) is 0 Å². The van der Waals surface area contributed by atoms with Gasteiger partial charge >= 0.3 is 0 Å². The van der Waals surface area contributed by atoms with Crippen molar-refractivity contribution in [3.8, 4) is 0 Å². The molecule has 6 N–H and O–H groups in total. The van der Waals surface area contributed by atoms with E-state index >= 15 is 0 Å². The maximum absolute atomic E-state index is 8.36. The van der Waals surface area contributed by atoms with Crippen LogP contribution in [0.1, 0.15) is 12.8 Å². The molecule has 7 heteroatoms. The van der Waals surface area contributed by atoms with Gasteiger partial charge in [0.15, 0.2) is 0 Å². The van der Waals surface area contributed by atoms with E-state index in [9.17, 15) is 0 Å². The Morgan fingerprint density at radius 1 is 0.692 bits per heavy atom. The van der Waals surface area contributed by atoms with Gasteiger partial charge in [0.2, 0.25) is 0 Å². The van der Waals surface area contributed by atoms with Crippen molar-refractivity contribution in [3.63, 3.8) is 0 Å². The van der Waals surface area contributed by atoms with E-state index < -0.39 is 24.8 Å². The fourth-order valence-electron chi connectivity index (χ4n) is 0.520. The van der Waals surface area contributed by atoms with Crippen molar-refractivity contribution in [1.29, 1.82) is 0 Å². The molecule has 7 nitrogen and oxygen atoms in total. The summed E-state index contributed by atoms with van der Waals surface area (Å²) in [7, 11) is 0.